The van der Waals surface area contributed by atoms with Crippen molar-refractivity contribution in [3.63, 3.8) is 0 Å². The highest BCUT2D eigenvalue weighted by molar-refractivity contribution is 7.14. The van der Waals surface area contributed by atoms with Crippen LogP contribution in [-0.2, 0) is 0 Å². The minimum absolute atomic E-state index is 0.254. The van der Waals surface area contributed by atoms with Crippen LogP contribution < -0.4 is 0 Å². The third-order valence-electron chi connectivity index (χ3n) is 1.85. The number of hydrogen-bond acceptors (Lipinski definition) is 2. The Balaban J connectivity index is 2.55. The summed E-state index contributed by atoms with van der Waals surface area (Å²) >= 11 is 1.30. The molecule has 5 heteroatoms. The fourth-order valence-electron chi connectivity index (χ4n) is 1.17. The topological polar surface area (TPSA) is 12.9 Å². The fourth-order valence-corrected chi connectivity index (χ4v) is 1.92. The molecule has 1 nitrogen and oxygen atoms in total. The Labute approximate surface area is 88.2 Å². The number of aryl methyl sites for hydroxylation is 1. The molecule has 0 atom stereocenters. The zero-order chi connectivity index (χ0) is 11.0. The van der Waals surface area contributed by atoms with Gasteiger partial charge < -0.3 is 0 Å². The smallest absolute Gasteiger partial charge is 0.194 e. The Hall–Kier alpha value is -1.36. The van der Waals surface area contributed by atoms with Gasteiger partial charge in [-0.25, -0.2) is 18.2 Å². The highest BCUT2D eigenvalue weighted by Crippen LogP contribution is 2.27. The number of rotatable bonds is 1. The zero-order valence-corrected chi connectivity index (χ0v) is 8.54. The van der Waals surface area contributed by atoms with Crippen LogP contribution >= 0.6 is 11.3 Å². The first-order valence-corrected chi connectivity index (χ1v) is 4.97. The van der Waals surface area contributed by atoms with Gasteiger partial charge in [-0.15, -0.1) is 11.3 Å². The van der Waals surface area contributed by atoms with Crippen LogP contribution in [0.5, 0.6) is 0 Å². The first-order valence-electron chi connectivity index (χ1n) is 4.15. The van der Waals surface area contributed by atoms with Crippen LogP contribution in [0.4, 0.5) is 13.2 Å². The standard InChI is InChI=1S/C10H6F3NS/c1-5-4-14-10(15-5)6-2-7(11)9(13)8(12)3-6/h2-4H,1H3. The van der Waals surface area contributed by atoms with Gasteiger partial charge in [-0.1, -0.05) is 0 Å². The van der Waals surface area contributed by atoms with Crippen LogP contribution in [-0.4, -0.2) is 4.98 Å². The maximum atomic E-state index is 12.9. The van der Waals surface area contributed by atoms with Crippen LogP contribution in [0, 0.1) is 24.4 Å². The molecule has 78 valence electrons. The Bertz CT molecular complexity index is 484. The lowest BCUT2D eigenvalue weighted by molar-refractivity contribution is 0.447. The quantitative estimate of drug-likeness (QED) is 0.681. The summed E-state index contributed by atoms with van der Waals surface area (Å²) in [6, 6.07) is 1.88. The van der Waals surface area contributed by atoms with Crippen molar-refractivity contribution in [2.45, 2.75) is 6.92 Å². The second-order valence-electron chi connectivity index (χ2n) is 3.03. The molecule has 0 aliphatic rings. The van der Waals surface area contributed by atoms with Crippen LogP contribution in [0.2, 0.25) is 0 Å². The van der Waals surface area contributed by atoms with Crippen molar-refractivity contribution >= 4 is 11.3 Å². The van der Waals surface area contributed by atoms with Crippen LogP contribution in [0.1, 0.15) is 4.88 Å². The van der Waals surface area contributed by atoms with Gasteiger partial charge in [-0.05, 0) is 19.1 Å². The average molecular weight is 229 g/mol. The van der Waals surface area contributed by atoms with Gasteiger partial charge in [0.05, 0.1) is 0 Å². The minimum Gasteiger partial charge on any atom is -0.244 e. The van der Waals surface area contributed by atoms with Gasteiger partial charge in [-0.3, -0.25) is 0 Å². The monoisotopic (exact) mass is 229 g/mol. The van der Waals surface area contributed by atoms with Crippen molar-refractivity contribution in [2.24, 2.45) is 0 Å². The molecule has 0 aliphatic heterocycles. The Morgan fingerprint density at radius 3 is 2.20 bits per heavy atom. The summed E-state index contributed by atoms with van der Waals surface area (Å²) in [5.41, 5.74) is 0.254. The third kappa shape index (κ3) is 1.87. The second-order valence-corrected chi connectivity index (χ2v) is 4.26. The molecule has 0 fully saturated rings. The van der Waals surface area contributed by atoms with Gasteiger partial charge in [0.1, 0.15) is 5.01 Å². The Kier molecular flexibility index (Phi) is 2.48. The summed E-state index contributed by atoms with van der Waals surface area (Å²) in [7, 11) is 0. The van der Waals surface area contributed by atoms with Crippen molar-refractivity contribution in [1.29, 1.82) is 0 Å². The molecule has 0 saturated carbocycles. The average Bonchev–Trinajstić information content (AvgIpc) is 2.60. The molecular weight excluding hydrogens is 223 g/mol. The minimum atomic E-state index is -1.45. The van der Waals surface area contributed by atoms with E-state index < -0.39 is 17.5 Å². The van der Waals surface area contributed by atoms with E-state index in [2.05, 4.69) is 4.98 Å². The first kappa shape index (κ1) is 10.2. The predicted octanol–water partition coefficient (Wildman–Crippen LogP) is 3.54. The lowest BCUT2D eigenvalue weighted by Crippen LogP contribution is -1.91. The largest absolute Gasteiger partial charge is 0.244 e. The van der Waals surface area contributed by atoms with Crippen molar-refractivity contribution in [2.75, 3.05) is 0 Å². The summed E-state index contributed by atoms with van der Waals surface area (Å²) < 4.78 is 38.5. The molecule has 0 bridgehead atoms. The molecule has 0 N–H and O–H groups in total. The van der Waals surface area contributed by atoms with Crippen LogP contribution in [0.15, 0.2) is 18.3 Å². The molecule has 15 heavy (non-hydrogen) atoms. The second kappa shape index (κ2) is 3.66. The van der Waals surface area contributed by atoms with Gasteiger partial charge in [0.15, 0.2) is 17.5 Å². The Morgan fingerprint density at radius 2 is 1.73 bits per heavy atom. The molecule has 1 aromatic carbocycles. The van der Waals surface area contributed by atoms with Crippen molar-refractivity contribution in [3.05, 3.63) is 40.7 Å². The SMILES string of the molecule is Cc1cnc(-c2cc(F)c(F)c(F)c2)s1. The molecule has 0 amide bonds. The van der Waals surface area contributed by atoms with E-state index >= 15 is 0 Å². The molecule has 2 rings (SSSR count). The zero-order valence-electron chi connectivity index (χ0n) is 7.72. The number of hydrogen-bond donors (Lipinski definition) is 0. The van der Waals surface area contributed by atoms with Crippen LogP contribution in [0.25, 0.3) is 10.6 Å². The van der Waals surface area contributed by atoms with Crippen LogP contribution in [0.3, 0.4) is 0 Å². The van der Waals surface area contributed by atoms with Crippen molar-refractivity contribution in [1.82, 2.24) is 4.98 Å². The number of nitrogens with zero attached hydrogens (tertiary/aromatic N) is 1. The van der Waals surface area contributed by atoms with E-state index in [0.717, 1.165) is 17.0 Å². The van der Waals surface area contributed by atoms with Crippen molar-refractivity contribution in [3.8, 4) is 10.6 Å². The van der Waals surface area contributed by atoms with Gasteiger partial charge in [0.25, 0.3) is 0 Å². The third-order valence-corrected chi connectivity index (χ3v) is 2.81. The summed E-state index contributed by atoms with van der Waals surface area (Å²) in [6.07, 6.45) is 1.60. The summed E-state index contributed by atoms with van der Waals surface area (Å²) in [5.74, 6) is -3.84. The molecule has 1 aromatic heterocycles. The van der Waals surface area contributed by atoms with E-state index in [1.807, 2.05) is 6.92 Å². The highest BCUT2D eigenvalue weighted by atomic mass is 32.1. The lowest BCUT2D eigenvalue weighted by Gasteiger charge is -1.99. The maximum absolute atomic E-state index is 12.9. The number of aromatic nitrogens is 1. The fraction of sp³-hybridized carbons (Fsp3) is 0.100. The first-order chi connectivity index (χ1) is 7.08. The number of halogens is 3. The molecule has 0 spiro atoms. The maximum Gasteiger partial charge on any atom is 0.194 e. The number of thiazole rings is 1. The molecule has 0 saturated heterocycles. The normalized spacial score (nSPS) is 10.7. The van der Waals surface area contributed by atoms with E-state index in [4.69, 9.17) is 0 Å². The summed E-state index contributed by atoms with van der Waals surface area (Å²) in [5, 5.41) is 0.477. The van der Waals surface area contributed by atoms with E-state index in [1.165, 1.54) is 11.3 Å². The molecule has 0 unspecified atom stereocenters. The predicted molar refractivity (Wildman–Crippen MR) is 52.2 cm³/mol. The van der Waals surface area contributed by atoms with E-state index in [0.29, 0.717) is 5.01 Å². The van der Waals surface area contributed by atoms with E-state index in [9.17, 15) is 13.2 Å². The van der Waals surface area contributed by atoms with Gasteiger partial charge >= 0.3 is 0 Å². The lowest BCUT2D eigenvalue weighted by atomic mass is 10.2. The van der Waals surface area contributed by atoms with Gasteiger partial charge in [0, 0.05) is 16.6 Å². The van der Waals surface area contributed by atoms with Crippen molar-refractivity contribution < 1.29 is 13.2 Å². The number of benzene rings is 1. The molecular formula is C10H6F3NS. The molecule has 0 radical (unpaired) electrons. The van der Waals surface area contributed by atoms with Gasteiger partial charge in [-0.2, -0.15) is 0 Å². The van der Waals surface area contributed by atoms with Gasteiger partial charge in [0.2, 0.25) is 0 Å². The molecule has 0 aliphatic carbocycles. The summed E-state index contributed by atoms with van der Waals surface area (Å²) in [6.45, 7) is 1.83. The summed E-state index contributed by atoms with van der Waals surface area (Å²) in [4.78, 5) is 4.89. The van der Waals surface area contributed by atoms with E-state index in [-0.39, 0.29) is 5.56 Å². The van der Waals surface area contributed by atoms with E-state index in [1.54, 1.807) is 6.20 Å². The highest BCUT2D eigenvalue weighted by Gasteiger charge is 2.12. The Morgan fingerprint density at radius 1 is 1.13 bits per heavy atom. The molecule has 1 heterocycles. The molecule has 2 aromatic rings.